The van der Waals surface area contributed by atoms with Gasteiger partial charge >= 0.3 is 18.2 Å². The third-order valence-corrected chi connectivity index (χ3v) is 5.88. The second kappa shape index (κ2) is 8.77. The minimum Gasteiger partial charge on any atom is -0.480 e. The van der Waals surface area contributed by atoms with Gasteiger partial charge in [0.15, 0.2) is 0 Å². The molecule has 2 atom stereocenters. The number of hydrogen-bond acceptors (Lipinski definition) is 5. The number of hydrogen-bond donors (Lipinski definition) is 2. The highest BCUT2D eigenvalue weighted by Gasteiger charge is 2.42. The van der Waals surface area contributed by atoms with Crippen molar-refractivity contribution in [1.82, 2.24) is 10.2 Å². The van der Waals surface area contributed by atoms with Crippen LogP contribution < -0.4 is 5.32 Å². The highest BCUT2D eigenvalue weighted by atomic mass is 16.6. The van der Waals surface area contributed by atoms with Crippen molar-refractivity contribution in [3.8, 4) is 11.1 Å². The number of carbonyl (C=O) groups is 3. The molecular formula is C25H28N2O6. The van der Waals surface area contributed by atoms with Gasteiger partial charge in [-0.2, -0.15) is 0 Å². The number of carboxylic acids is 1. The third-order valence-electron chi connectivity index (χ3n) is 5.88. The number of aliphatic carboxylic acids is 1. The number of rotatable bonds is 4. The molecule has 1 aliphatic carbocycles. The Morgan fingerprint density at radius 3 is 2.15 bits per heavy atom. The summed E-state index contributed by atoms with van der Waals surface area (Å²) in [6.45, 7) is 5.33. The molecular weight excluding hydrogens is 424 g/mol. The first-order chi connectivity index (χ1) is 15.6. The lowest BCUT2D eigenvalue weighted by Gasteiger charge is -2.26. The first-order valence-electron chi connectivity index (χ1n) is 11.0. The maximum absolute atomic E-state index is 12.5. The van der Waals surface area contributed by atoms with Crippen LogP contribution in [0.1, 0.15) is 44.2 Å². The van der Waals surface area contributed by atoms with Crippen molar-refractivity contribution in [2.75, 3.05) is 13.2 Å². The average Bonchev–Trinajstić information content (AvgIpc) is 3.31. The van der Waals surface area contributed by atoms with Gasteiger partial charge < -0.3 is 19.9 Å². The van der Waals surface area contributed by atoms with Gasteiger partial charge in [-0.05, 0) is 43.0 Å². The summed E-state index contributed by atoms with van der Waals surface area (Å²) in [6.07, 6.45) is -1.28. The van der Waals surface area contributed by atoms with Crippen molar-refractivity contribution in [3.05, 3.63) is 59.7 Å². The number of amides is 2. The fraction of sp³-hybridized carbons (Fsp3) is 0.400. The minimum atomic E-state index is -1.14. The SMILES string of the molecule is CC(C)(C)OC(=O)N1C[C@@H](NC(=O)OCC2c3ccccc3-c3ccccc32)C[C@H]1C(=O)O. The van der Waals surface area contributed by atoms with E-state index in [0.29, 0.717) is 0 Å². The Bertz CT molecular complexity index is 1030. The standard InChI is InChI=1S/C25H28N2O6/c1-25(2,3)33-24(31)27-13-15(12-21(27)22(28)29)26-23(30)32-14-20-18-10-6-4-8-16(18)17-9-5-7-11-19(17)20/h4-11,15,20-21H,12-14H2,1-3H3,(H,26,30)(H,28,29)/t15-,21-/m0/s1. The molecule has 8 heteroatoms. The number of nitrogens with zero attached hydrogens (tertiary/aromatic N) is 1. The van der Waals surface area contributed by atoms with E-state index in [1.54, 1.807) is 20.8 Å². The average molecular weight is 453 g/mol. The molecule has 1 fully saturated rings. The first kappa shape index (κ1) is 22.6. The Morgan fingerprint density at radius 1 is 1.03 bits per heavy atom. The lowest BCUT2D eigenvalue weighted by Crippen LogP contribution is -2.44. The summed E-state index contributed by atoms with van der Waals surface area (Å²) in [5, 5.41) is 12.2. The molecule has 2 aromatic rings. The lowest BCUT2D eigenvalue weighted by atomic mass is 9.98. The number of nitrogens with one attached hydrogen (secondary N) is 1. The topological polar surface area (TPSA) is 105 Å². The predicted molar refractivity (Wildman–Crippen MR) is 121 cm³/mol. The zero-order valence-corrected chi connectivity index (χ0v) is 18.9. The van der Waals surface area contributed by atoms with E-state index in [-0.39, 0.29) is 25.5 Å². The maximum Gasteiger partial charge on any atom is 0.411 e. The third kappa shape index (κ3) is 4.79. The normalized spacial score (nSPS) is 19.5. The van der Waals surface area contributed by atoms with Crippen molar-refractivity contribution < 1.29 is 29.0 Å². The molecule has 0 unspecified atom stereocenters. The van der Waals surface area contributed by atoms with E-state index in [1.165, 1.54) is 0 Å². The van der Waals surface area contributed by atoms with Gasteiger partial charge in [-0.25, -0.2) is 14.4 Å². The highest BCUT2D eigenvalue weighted by molar-refractivity contribution is 5.82. The molecule has 2 N–H and O–H groups in total. The summed E-state index contributed by atoms with van der Waals surface area (Å²) in [5.41, 5.74) is 3.73. The molecule has 1 aliphatic heterocycles. The van der Waals surface area contributed by atoms with Gasteiger partial charge in [0.2, 0.25) is 0 Å². The van der Waals surface area contributed by atoms with E-state index in [0.717, 1.165) is 27.2 Å². The van der Waals surface area contributed by atoms with Crippen LogP contribution in [0.25, 0.3) is 11.1 Å². The number of benzene rings is 2. The number of ether oxygens (including phenoxy) is 2. The molecule has 1 saturated heterocycles. The van der Waals surface area contributed by atoms with Crippen LogP contribution >= 0.6 is 0 Å². The van der Waals surface area contributed by atoms with Crippen molar-refractivity contribution in [2.24, 2.45) is 0 Å². The summed E-state index contributed by atoms with van der Waals surface area (Å²) in [5.74, 6) is -1.21. The fourth-order valence-electron chi connectivity index (χ4n) is 4.50. The zero-order chi connectivity index (χ0) is 23.8. The first-order valence-corrected chi connectivity index (χ1v) is 11.0. The molecule has 174 valence electrons. The fourth-order valence-corrected chi connectivity index (χ4v) is 4.50. The Balaban J connectivity index is 1.39. The number of alkyl carbamates (subject to hydrolysis) is 1. The summed E-state index contributed by atoms with van der Waals surface area (Å²) >= 11 is 0. The highest BCUT2D eigenvalue weighted by Crippen LogP contribution is 2.44. The van der Waals surface area contributed by atoms with Crippen LogP contribution in [0.15, 0.2) is 48.5 Å². The number of likely N-dealkylation sites (tertiary alicyclic amines) is 1. The smallest absolute Gasteiger partial charge is 0.411 e. The van der Waals surface area contributed by atoms with Crippen LogP contribution in [-0.2, 0) is 14.3 Å². The van der Waals surface area contributed by atoms with Crippen molar-refractivity contribution in [2.45, 2.75) is 50.8 Å². The van der Waals surface area contributed by atoms with Gasteiger partial charge in [-0.3, -0.25) is 4.90 Å². The summed E-state index contributed by atoms with van der Waals surface area (Å²) < 4.78 is 10.9. The molecule has 4 rings (SSSR count). The Hall–Kier alpha value is -3.55. The minimum absolute atomic E-state index is 0.0378. The molecule has 0 saturated carbocycles. The van der Waals surface area contributed by atoms with Crippen LogP contribution in [0.2, 0.25) is 0 Å². The molecule has 0 bridgehead atoms. The molecule has 0 aromatic heterocycles. The van der Waals surface area contributed by atoms with Crippen molar-refractivity contribution >= 4 is 18.2 Å². The molecule has 2 amide bonds. The van der Waals surface area contributed by atoms with Crippen molar-refractivity contribution in [1.29, 1.82) is 0 Å². The molecule has 8 nitrogen and oxygen atoms in total. The Morgan fingerprint density at radius 2 is 1.61 bits per heavy atom. The molecule has 0 spiro atoms. The second-order valence-corrected chi connectivity index (χ2v) is 9.39. The Labute approximate surface area is 192 Å². The summed E-state index contributed by atoms with van der Waals surface area (Å²) in [4.78, 5) is 37.8. The predicted octanol–water partition coefficient (Wildman–Crippen LogP) is 3.99. The van der Waals surface area contributed by atoms with Gasteiger partial charge in [0.25, 0.3) is 0 Å². The van der Waals surface area contributed by atoms with Gasteiger partial charge in [0, 0.05) is 18.9 Å². The quantitative estimate of drug-likeness (QED) is 0.727. The molecule has 33 heavy (non-hydrogen) atoms. The van der Waals surface area contributed by atoms with E-state index < -0.39 is 35.8 Å². The van der Waals surface area contributed by atoms with Gasteiger partial charge in [-0.1, -0.05) is 48.5 Å². The number of carbonyl (C=O) groups excluding carboxylic acids is 2. The number of carboxylic acid groups (broad SMARTS) is 1. The van der Waals surface area contributed by atoms with Crippen LogP contribution in [0.3, 0.4) is 0 Å². The van der Waals surface area contributed by atoms with Crippen LogP contribution in [0, 0.1) is 0 Å². The van der Waals surface area contributed by atoms with Crippen LogP contribution in [-0.4, -0.2) is 59.0 Å². The summed E-state index contributed by atoms with van der Waals surface area (Å²) in [6, 6.07) is 14.5. The van der Waals surface area contributed by atoms with Gasteiger partial charge in [0.1, 0.15) is 18.2 Å². The van der Waals surface area contributed by atoms with E-state index in [9.17, 15) is 19.5 Å². The molecule has 2 aliphatic rings. The number of fused-ring (bicyclic) bond motifs is 3. The van der Waals surface area contributed by atoms with E-state index >= 15 is 0 Å². The molecule has 1 heterocycles. The largest absolute Gasteiger partial charge is 0.480 e. The van der Waals surface area contributed by atoms with E-state index in [4.69, 9.17) is 9.47 Å². The van der Waals surface area contributed by atoms with Crippen LogP contribution in [0.4, 0.5) is 9.59 Å². The second-order valence-electron chi connectivity index (χ2n) is 9.39. The summed E-state index contributed by atoms with van der Waals surface area (Å²) in [7, 11) is 0. The van der Waals surface area contributed by atoms with E-state index in [2.05, 4.69) is 17.4 Å². The zero-order valence-electron chi connectivity index (χ0n) is 18.9. The molecule has 0 radical (unpaired) electrons. The molecule has 2 aromatic carbocycles. The lowest BCUT2D eigenvalue weighted by molar-refractivity contribution is -0.142. The van der Waals surface area contributed by atoms with Gasteiger partial charge in [-0.15, -0.1) is 0 Å². The van der Waals surface area contributed by atoms with Crippen molar-refractivity contribution in [3.63, 3.8) is 0 Å². The van der Waals surface area contributed by atoms with Crippen LogP contribution in [0.5, 0.6) is 0 Å². The Kier molecular flexibility index (Phi) is 6.01. The maximum atomic E-state index is 12.5. The van der Waals surface area contributed by atoms with Gasteiger partial charge in [0.05, 0.1) is 6.04 Å². The monoisotopic (exact) mass is 452 g/mol. The van der Waals surface area contributed by atoms with E-state index in [1.807, 2.05) is 36.4 Å².